The van der Waals surface area contributed by atoms with Gasteiger partial charge in [0.1, 0.15) is 0 Å². The molecule has 0 radical (unpaired) electrons. The topological polar surface area (TPSA) is 137 Å². The Morgan fingerprint density at radius 2 is 1.56 bits per heavy atom. The van der Waals surface area contributed by atoms with Crippen LogP contribution in [0.5, 0.6) is 0 Å². The summed E-state index contributed by atoms with van der Waals surface area (Å²) in [6.45, 7) is 6.65. The van der Waals surface area contributed by atoms with Crippen LogP contribution in [0.15, 0.2) is 67.0 Å². The SMILES string of the molecule is C[C@H]1[C@@H](CN2CCN(c3ncccn3)CC2)O[C@@H](c2ccc(CNC(=O)CCC(=O)O)cc2)O[C@H]1c1ccc(CO)cc1. The van der Waals surface area contributed by atoms with Gasteiger partial charge in [-0.2, -0.15) is 0 Å². The van der Waals surface area contributed by atoms with Gasteiger partial charge in [0.25, 0.3) is 0 Å². The maximum absolute atomic E-state index is 11.9. The van der Waals surface area contributed by atoms with Crippen molar-refractivity contribution in [2.45, 2.75) is 51.4 Å². The van der Waals surface area contributed by atoms with Crippen LogP contribution in [0.2, 0.25) is 0 Å². The number of hydrogen-bond donors (Lipinski definition) is 3. The molecule has 0 saturated carbocycles. The Bertz CT molecular complexity index is 1330. The second kappa shape index (κ2) is 14.5. The number of aliphatic hydroxyl groups is 1. The van der Waals surface area contributed by atoms with Gasteiger partial charge in [-0.1, -0.05) is 55.5 Å². The molecule has 0 spiro atoms. The average Bonchev–Trinajstić information content (AvgIpc) is 3.05. The molecule has 2 aliphatic rings. The fourth-order valence-corrected chi connectivity index (χ4v) is 5.47. The summed E-state index contributed by atoms with van der Waals surface area (Å²) in [6, 6.07) is 17.4. The summed E-state index contributed by atoms with van der Waals surface area (Å²) in [4.78, 5) is 36.0. The highest BCUT2D eigenvalue weighted by molar-refractivity contribution is 5.80. The van der Waals surface area contributed by atoms with E-state index in [0.717, 1.165) is 60.9 Å². The smallest absolute Gasteiger partial charge is 0.303 e. The maximum atomic E-state index is 11.9. The second-order valence-electron chi connectivity index (χ2n) is 11.1. The lowest BCUT2D eigenvalue weighted by molar-refractivity contribution is -0.276. The number of carboxylic acids is 1. The number of benzene rings is 2. The summed E-state index contributed by atoms with van der Waals surface area (Å²) in [5.41, 5.74) is 3.66. The largest absolute Gasteiger partial charge is 0.481 e. The van der Waals surface area contributed by atoms with E-state index in [1.165, 1.54) is 0 Å². The van der Waals surface area contributed by atoms with Crippen molar-refractivity contribution < 1.29 is 29.3 Å². The molecule has 0 unspecified atom stereocenters. The van der Waals surface area contributed by atoms with E-state index in [-0.39, 0.29) is 43.5 Å². The van der Waals surface area contributed by atoms with Crippen molar-refractivity contribution in [3.8, 4) is 0 Å². The molecule has 4 atom stereocenters. The minimum Gasteiger partial charge on any atom is -0.481 e. The molecule has 43 heavy (non-hydrogen) atoms. The van der Waals surface area contributed by atoms with Crippen molar-refractivity contribution in [2.24, 2.45) is 5.92 Å². The lowest BCUT2D eigenvalue weighted by atomic mass is 9.90. The van der Waals surface area contributed by atoms with Gasteiger partial charge in [0.2, 0.25) is 11.9 Å². The number of nitrogens with zero attached hydrogens (tertiary/aromatic N) is 4. The molecular formula is C32H39N5O6. The number of ether oxygens (including phenoxy) is 2. The van der Waals surface area contributed by atoms with Gasteiger partial charge in [-0.25, -0.2) is 9.97 Å². The molecule has 11 nitrogen and oxygen atoms in total. The predicted octanol–water partition coefficient (Wildman–Crippen LogP) is 3.06. The maximum Gasteiger partial charge on any atom is 0.303 e. The first-order valence-electron chi connectivity index (χ1n) is 14.7. The zero-order valence-electron chi connectivity index (χ0n) is 24.3. The average molecular weight is 590 g/mol. The molecule has 11 heteroatoms. The Hall–Kier alpha value is -3.90. The molecule has 2 aromatic carbocycles. The highest BCUT2D eigenvalue weighted by Crippen LogP contribution is 2.42. The van der Waals surface area contributed by atoms with Crippen LogP contribution in [0, 0.1) is 5.92 Å². The summed E-state index contributed by atoms with van der Waals surface area (Å²) < 4.78 is 13.2. The molecule has 1 amide bonds. The minimum atomic E-state index is -0.994. The van der Waals surface area contributed by atoms with E-state index in [0.29, 0.717) is 6.54 Å². The van der Waals surface area contributed by atoms with Gasteiger partial charge >= 0.3 is 5.97 Å². The summed E-state index contributed by atoms with van der Waals surface area (Å²) >= 11 is 0. The van der Waals surface area contributed by atoms with E-state index >= 15 is 0 Å². The number of hydrogen-bond acceptors (Lipinski definition) is 9. The molecule has 1 aromatic heterocycles. The van der Waals surface area contributed by atoms with Crippen molar-refractivity contribution in [2.75, 3.05) is 37.6 Å². The van der Waals surface area contributed by atoms with E-state index in [2.05, 4.69) is 32.0 Å². The number of aromatic nitrogens is 2. The van der Waals surface area contributed by atoms with Crippen LogP contribution in [-0.2, 0) is 32.2 Å². The number of aliphatic carboxylic acids is 1. The van der Waals surface area contributed by atoms with Gasteiger partial charge in [-0.15, -0.1) is 0 Å². The Morgan fingerprint density at radius 3 is 2.21 bits per heavy atom. The first kappa shape index (κ1) is 30.6. The summed E-state index contributed by atoms with van der Waals surface area (Å²) in [5.74, 6) is -0.458. The van der Waals surface area contributed by atoms with Gasteiger partial charge in [0.15, 0.2) is 6.29 Å². The first-order chi connectivity index (χ1) is 20.9. The highest BCUT2D eigenvalue weighted by atomic mass is 16.7. The van der Waals surface area contributed by atoms with E-state index < -0.39 is 12.3 Å². The molecule has 0 bridgehead atoms. The Labute approximate surface area is 251 Å². The minimum absolute atomic E-state index is 0.0118. The van der Waals surface area contributed by atoms with E-state index in [4.69, 9.17) is 14.6 Å². The molecule has 228 valence electrons. The lowest BCUT2D eigenvalue weighted by Gasteiger charge is -2.44. The Kier molecular flexibility index (Phi) is 10.3. The highest BCUT2D eigenvalue weighted by Gasteiger charge is 2.39. The summed E-state index contributed by atoms with van der Waals surface area (Å²) in [6.07, 6.45) is 2.42. The van der Waals surface area contributed by atoms with Crippen LogP contribution in [0.25, 0.3) is 0 Å². The number of carbonyl (C=O) groups is 2. The van der Waals surface area contributed by atoms with Crippen LogP contribution in [0.4, 0.5) is 5.95 Å². The fourth-order valence-electron chi connectivity index (χ4n) is 5.47. The normalized spacial score (nSPS) is 22.7. The van der Waals surface area contributed by atoms with Crippen LogP contribution in [-0.4, -0.2) is 75.8 Å². The lowest BCUT2D eigenvalue weighted by Crippen LogP contribution is -2.51. The molecule has 5 rings (SSSR count). The number of amides is 1. The van der Waals surface area contributed by atoms with Crippen molar-refractivity contribution in [3.63, 3.8) is 0 Å². The zero-order chi connectivity index (χ0) is 30.2. The summed E-state index contributed by atoms with van der Waals surface area (Å²) in [5, 5.41) is 21.1. The standard InChI is InChI=1S/C32H39N5O6/c1-22-27(20-36-15-17-37(18-16-36)32-33-13-2-14-34-32)42-31(43-30(22)25-7-5-24(21-38)6-8-25)26-9-3-23(4-10-26)19-35-28(39)11-12-29(40)41/h2-10,13-14,22,27,30-31,38H,11-12,15-21H2,1H3,(H,35,39)(H,40,41)/t22-,27+,30+,31+/m0/s1. The number of piperazine rings is 1. The van der Waals surface area contributed by atoms with E-state index in [1.54, 1.807) is 12.4 Å². The quantitative estimate of drug-likeness (QED) is 0.306. The molecule has 2 aliphatic heterocycles. The fraction of sp³-hybridized carbons (Fsp3) is 0.438. The number of carbonyl (C=O) groups excluding carboxylic acids is 1. The Balaban J connectivity index is 1.26. The number of nitrogens with one attached hydrogen (secondary N) is 1. The first-order valence-corrected chi connectivity index (χ1v) is 14.7. The van der Waals surface area contributed by atoms with Crippen LogP contribution >= 0.6 is 0 Å². The van der Waals surface area contributed by atoms with Gasteiger partial charge in [0, 0.05) is 69.6 Å². The third-order valence-corrected chi connectivity index (χ3v) is 8.08. The third-order valence-electron chi connectivity index (χ3n) is 8.08. The van der Waals surface area contributed by atoms with Crippen molar-refractivity contribution in [3.05, 3.63) is 89.2 Å². The number of rotatable bonds is 11. The molecule has 3 N–H and O–H groups in total. The molecular weight excluding hydrogens is 550 g/mol. The predicted molar refractivity (Wildman–Crippen MR) is 159 cm³/mol. The van der Waals surface area contributed by atoms with Crippen LogP contribution in [0.1, 0.15) is 54.4 Å². The van der Waals surface area contributed by atoms with Crippen molar-refractivity contribution in [1.29, 1.82) is 0 Å². The van der Waals surface area contributed by atoms with Gasteiger partial charge in [0.05, 0.1) is 25.2 Å². The second-order valence-corrected chi connectivity index (χ2v) is 11.1. The number of aliphatic hydroxyl groups excluding tert-OH is 1. The zero-order valence-corrected chi connectivity index (χ0v) is 24.3. The number of carboxylic acid groups (broad SMARTS) is 1. The molecule has 3 heterocycles. The van der Waals surface area contributed by atoms with Crippen molar-refractivity contribution >= 4 is 17.8 Å². The van der Waals surface area contributed by atoms with Crippen LogP contribution < -0.4 is 10.2 Å². The number of anilines is 1. The molecule has 2 fully saturated rings. The van der Waals surface area contributed by atoms with E-state index in [9.17, 15) is 14.7 Å². The van der Waals surface area contributed by atoms with Gasteiger partial charge in [-0.3, -0.25) is 14.5 Å². The van der Waals surface area contributed by atoms with Crippen molar-refractivity contribution in [1.82, 2.24) is 20.2 Å². The van der Waals surface area contributed by atoms with Gasteiger partial charge < -0.3 is 29.9 Å². The van der Waals surface area contributed by atoms with Gasteiger partial charge in [-0.05, 0) is 22.8 Å². The molecule has 2 saturated heterocycles. The van der Waals surface area contributed by atoms with Crippen LogP contribution in [0.3, 0.4) is 0 Å². The third kappa shape index (κ3) is 8.14. The monoisotopic (exact) mass is 589 g/mol. The van der Waals surface area contributed by atoms with E-state index in [1.807, 2.05) is 54.6 Å². The molecule has 0 aliphatic carbocycles. The Morgan fingerprint density at radius 1 is 0.907 bits per heavy atom. The summed E-state index contributed by atoms with van der Waals surface area (Å²) in [7, 11) is 0. The molecule has 3 aromatic rings.